The summed E-state index contributed by atoms with van der Waals surface area (Å²) in [5, 5.41) is 0. The van der Waals surface area contributed by atoms with Crippen LogP contribution in [0.1, 0.15) is 36.4 Å². The second-order valence-electron chi connectivity index (χ2n) is 5.93. The summed E-state index contributed by atoms with van der Waals surface area (Å²) in [4.78, 5) is 2.13. The predicted molar refractivity (Wildman–Crippen MR) is 71.0 cm³/mol. The van der Waals surface area contributed by atoms with Crippen LogP contribution in [0.5, 0.6) is 0 Å². The maximum absolute atomic E-state index is 13.3. The molecule has 2 nitrogen and oxygen atoms in total. The lowest BCUT2D eigenvalue weighted by atomic mass is 9.90. The van der Waals surface area contributed by atoms with Crippen LogP contribution in [0.2, 0.25) is 0 Å². The number of halogens is 4. The average Bonchev–Trinajstić information content (AvgIpc) is 3.17. The molecule has 3 rings (SSSR count). The maximum Gasteiger partial charge on any atom is 0.416 e. The Hall–Kier alpha value is -1.14. The van der Waals surface area contributed by atoms with Gasteiger partial charge in [-0.25, -0.2) is 4.39 Å². The highest BCUT2D eigenvalue weighted by Crippen LogP contribution is 2.47. The molecule has 1 saturated carbocycles. The van der Waals surface area contributed by atoms with Gasteiger partial charge in [0, 0.05) is 12.1 Å². The second-order valence-corrected chi connectivity index (χ2v) is 5.93. The van der Waals surface area contributed by atoms with Crippen molar-refractivity contribution in [3.05, 3.63) is 35.1 Å². The summed E-state index contributed by atoms with van der Waals surface area (Å²) in [5.74, 6) is -0.858. The summed E-state index contributed by atoms with van der Waals surface area (Å²) in [6.07, 6.45) is -1.70. The molecule has 0 radical (unpaired) electrons. The van der Waals surface area contributed by atoms with Crippen molar-refractivity contribution in [2.24, 2.45) is 11.7 Å². The molecule has 2 atom stereocenters. The lowest BCUT2D eigenvalue weighted by molar-refractivity contribution is -0.139. The molecule has 1 aromatic rings. The number of nitrogens with zero attached hydrogens (tertiary/aromatic N) is 1. The van der Waals surface area contributed by atoms with Gasteiger partial charge >= 0.3 is 6.18 Å². The first-order valence-corrected chi connectivity index (χ1v) is 7.24. The van der Waals surface area contributed by atoms with E-state index in [0.29, 0.717) is 18.7 Å². The smallest absolute Gasteiger partial charge is 0.330 e. The first kappa shape index (κ1) is 14.8. The maximum atomic E-state index is 13.3. The van der Waals surface area contributed by atoms with Gasteiger partial charge in [-0.15, -0.1) is 0 Å². The third-order valence-electron chi connectivity index (χ3n) is 4.52. The quantitative estimate of drug-likeness (QED) is 0.868. The first-order chi connectivity index (χ1) is 9.91. The third-order valence-corrected chi connectivity index (χ3v) is 4.52. The molecule has 1 aliphatic heterocycles. The molecule has 2 fully saturated rings. The normalized spacial score (nSPS) is 27.3. The van der Waals surface area contributed by atoms with Gasteiger partial charge in [0.2, 0.25) is 0 Å². The minimum atomic E-state index is -4.55. The van der Waals surface area contributed by atoms with Crippen molar-refractivity contribution in [1.82, 2.24) is 4.90 Å². The van der Waals surface area contributed by atoms with E-state index in [0.717, 1.165) is 31.9 Å². The zero-order valence-electron chi connectivity index (χ0n) is 11.5. The molecule has 2 N–H and O–H groups in total. The molecular weight excluding hydrogens is 284 g/mol. The molecule has 21 heavy (non-hydrogen) atoms. The fourth-order valence-corrected chi connectivity index (χ4v) is 3.41. The number of rotatable bonds is 3. The Labute approximate surface area is 120 Å². The summed E-state index contributed by atoms with van der Waals surface area (Å²) < 4.78 is 53.0. The first-order valence-electron chi connectivity index (χ1n) is 7.24. The fraction of sp³-hybridized carbons (Fsp3) is 0.600. The van der Waals surface area contributed by atoms with Crippen molar-refractivity contribution in [3.8, 4) is 0 Å². The summed E-state index contributed by atoms with van der Waals surface area (Å²) in [5.41, 5.74) is 5.06. The van der Waals surface area contributed by atoms with Crippen LogP contribution in [0.25, 0.3) is 0 Å². The zero-order chi connectivity index (χ0) is 15.2. The van der Waals surface area contributed by atoms with Crippen LogP contribution in [0, 0.1) is 11.7 Å². The highest BCUT2D eigenvalue weighted by molar-refractivity contribution is 5.34. The molecule has 6 heteroatoms. The van der Waals surface area contributed by atoms with E-state index in [1.54, 1.807) is 0 Å². The topological polar surface area (TPSA) is 29.3 Å². The minimum absolute atomic E-state index is 0.00263. The SMILES string of the molecule is NCC1CCN(C2CC2)C1c1ccc(F)cc1C(F)(F)F. The number of benzene rings is 1. The van der Waals surface area contributed by atoms with E-state index < -0.39 is 17.6 Å². The standard InChI is InChI=1S/C15H18F4N2/c16-10-1-4-12(13(7-10)15(17,18)19)14-9(8-20)5-6-21(14)11-2-3-11/h1,4,7,9,11,14H,2-3,5-6,8,20H2. The van der Waals surface area contributed by atoms with Gasteiger partial charge < -0.3 is 5.73 Å². The molecule has 0 spiro atoms. The van der Waals surface area contributed by atoms with Gasteiger partial charge in [-0.3, -0.25) is 4.90 Å². The number of nitrogens with two attached hydrogens (primary N) is 1. The zero-order valence-corrected chi connectivity index (χ0v) is 11.5. The van der Waals surface area contributed by atoms with Gasteiger partial charge in [0.15, 0.2) is 0 Å². The molecular formula is C15H18F4N2. The largest absolute Gasteiger partial charge is 0.416 e. The van der Waals surface area contributed by atoms with Crippen molar-refractivity contribution in [1.29, 1.82) is 0 Å². The molecule has 0 aromatic heterocycles. The molecule has 116 valence electrons. The monoisotopic (exact) mass is 302 g/mol. The van der Waals surface area contributed by atoms with E-state index in [4.69, 9.17) is 5.73 Å². The molecule has 0 amide bonds. The molecule has 1 saturated heterocycles. The highest BCUT2D eigenvalue weighted by atomic mass is 19.4. The van der Waals surface area contributed by atoms with Crippen molar-refractivity contribution in [2.75, 3.05) is 13.1 Å². The summed E-state index contributed by atoms with van der Waals surface area (Å²) in [6.45, 7) is 1.12. The van der Waals surface area contributed by atoms with Crippen LogP contribution in [-0.2, 0) is 6.18 Å². The number of hydrogen-bond donors (Lipinski definition) is 1. The predicted octanol–water partition coefficient (Wildman–Crippen LogP) is 3.33. The number of alkyl halides is 3. The van der Waals surface area contributed by atoms with E-state index in [-0.39, 0.29) is 17.5 Å². The van der Waals surface area contributed by atoms with E-state index in [2.05, 4.69) is 4.90 Å². The Morgan fingerprint density at radius 2 is 1.90 bits per heavy atom. The van der Waals surface area contributed by atoms with Crippen LogP contribution < -0.4 is 5.73 Å². The van der Waals surface area contributed by atoms with Crippen LogP contribution in [-0.4, -0.2) is 24.0 Å². The summed E-state index contributed by atoms with van der Waals surface area (Å²) in [7, 11) is 0. The van der Waals surface area contributed by atoms with E-state index in [9.17, 15) is 17.6 Å². The average molecular weight is 302 g/mol. The van der Waals surface area contributed by atoms with Gasteiger partial charge in [0.05, 0.1) is 5.56 Å². The van der Waals surface area contributed by atoms with E-state index >= 15 is 0 Å². The van der Waals surface area contributed by atoms with Gasteiger partial charge in [-0.05, 0) is 56.0 Å². The molecule has 1 aliphatic carbocycles. The lowest BCUT2D eigenvalue weighted by Crippen LogP contribution is -2.31. The van der Waals surface area contributed by atoms with Crippen LogP contribution >= 0.6 is 0 Å². The van der Waals surface area contributed by atoms with E-state index in [1.807, 2.05) is 0 Å². The second kappa shape index (κ2) is 5.25. The van der Waals surface area contributed by atoms with Gasteiger partial charge in [-0.1, -0.05) is 6.07 Å². The van der Waals surface area contributed by atoms with Crippen LogP contribution in [0.4, 0.5) is 17.6 Å². The third kappa shape index (κ3) is 2.79. The van der Waals surface area contributed by atoms with Crippen LogP contribution in [0.15, 0.2) is 18.2 Å². The Morgan fingerprint density at radius 1 is 1.19 bits per heavy atom. The Morgan fingerprint density at radius 3 is 2.48 bits per heavy atom. The highest BCUT2D eigenvalue weighted by Gasteiger charge is 2.45. The lowest BCUT2D eigenvalue weighted by Gasteiger charge is -2.30. The molecule has 2 aliphatic rings. The van der Waals surface area contributed by atoms with Crippen LogP contribution in [0.3, 0.4) is 0 Å². The molecule has 2 unspecified atom stereocenters. The Bertz CT molecular complexity index is 525. The van der Waals surface area contributed by atoms with Crippen molar-refractivity contribution in [3.63, 3.8) is 0 Å². The summed E-state index contributed by atoms with van der Waals surface area (Å²) >= 11 is 0. The molecule has 0 bridgehead atoms. The van der Waals surface area contributed by atoms with E-state index in [1.165, 1.54) is 6.07 Å². The number of hydrogen-bond acceptors (Lipinski definition) is 2. The minimum Gasteiger partial charge on any atom is -0.330 e. The Kier molecular flexibility index (Phi) is 3.69. The van der Waals surface area contributed by atoms with Crippen molar-refractivity contribution in [2.45, 2.75) is 37.5 Å². The van der Waals surface area contributed by atoms with Gasteiger partial charge in [0.25, 0.3) is 0 Å². The number of likely N-dealkylation sites (tertiary alicyclic amines) is 1. The molecule has 1 aromatic carbocycles. The van der Waals surface area contributed by atoms with Crippen molar-refractivity contribution >= 4 is 0 Å². The fourth-order valence-electron chi connectivity index (χ4n) is 3.41. The van der Waals surface area contributed by atoms with Crippen molar-refractivity contribution < 1.29 is 17.6 Å². The van der Waals surface area contributed by atoms with Gasteiger partial charge in [-0.2, -0.15) is 13.2 Å². The Balaban J connectivity index is 2.04. The summed E-state index contributed by atoms with van der Waals surface area (Å²) in [6, 6.07) is 3.01. The van der Waals surface area contributed by atoms with Gasteiger partial charge in [0.1, 0.15) is 5.82 Å². The molecule has 1 heterocycles.